The third-order valence-electron chi connectivity index (χ3n) is 3.08. The molecule has 6 heteroatoms. The van der Waals surface area contributed by atoms with Crippen LogP contribution in [-0.2, 0) is 17.6 Å². The minimum Gasteiger partial charge on any atom is -0.504 e. The Morgan fingerprint density at radius 3 is 2.76 bits per heavy atom. The molecular weight excluding hydrogens is 288 g/mol. The Morgan fingerprint density at radius 2 is 2.10 bits per heavy atom. The molecule has 0 aliphatic rings. The zero-order valence-corrected chi connectivity index (χ0v) is 12.3. The van der Waals surface area contributed by atoms with Gasteiger partial charge in [-0.05, 0) is 42.0 Å². The van der Waals surface area contributed by atoms with Crippen molar-refractivity contribution in [3.63, 3.8) is 0 Å². The van der Waals surface area contributed by atoms with Gasteiger partial charge >= 0.3 is 0 Å². The number of rotatable bonds is 6. The number of carbonyl (C=O) groups excluding carboxylic acids is 1. The van der Waals surface area contributed by atoms with E-state index in [0.717, 1.165) is 6.42 Å². The zero-order valence-electron chi connectivity index (χ0n) is 11.5. The molecule has 5 N–H and O–H groups in total. The second-order valence-corrected chi connectivity index (χ2v) is 5.79. The summed E-state index contributed by atoms with van der Waals surface area (Å²) in [7, 11) is 0. The second-order valence-electron chi connectivity index (χ2n) is 4.75. The predicted molar refractivity (Wildman–Crippen MR) is 82.5 cm³/mol. The summed E-state index contributed by atoms with van der Waals surface area (Å²) >= 11 is 1.65. The summed E-state index contributed by atoms with van der Waals surface area (Å²) < 4.78 is 0. The normalized spacial score (nSPS) is 12.0. The summed E-state index contributed by atoms with van der Waals surface area (Å²) in [6.45, 7) is 0.549. The molecule has 0 unspecified atom stereocenters. The highest BCUT2D eigenvalue weighted by Gasteiger charge is 2.14. The van der Waals surface area contributed by atoms with Gasteiger partial charge in [-0.15, -0.1) is 11.3 Å². The number of benzene rings is 1. The van der Waals surface area contributed by atoms with Crippen LogP contribution >= 0.6 is 11.3 Å². The first-order valence-corrected chi connectivity index (χ1v) is 7.51. The van der Waals surface area contributed by atoms with Crippen LogP contribution in [0.15, 0.2) is 35.7 Å². The third-order valence-corrected chi connectivity index (χ3v) is 4.02. The Labute approximate surface area is 127 Å². The molecule has 1 amide bonds. The van der Waals surface area contributed by atoms with Crippen molar-refractivity contribution in [1.82, 2.24) is 5.32 Å². The topological polar surface area (TPSA) is 95.6 Å². The Kier molecular flexibility index (Phi) is 5.19. The first-order valence-electron chi connectivity index (χ1n) is 6.63. The molecule has 0 spiro atoms. The first kappa shape index (κ1) is 15.3. The number of hydrogen-bond donors (Lipinski definition) is 4. The van der Waals surface area contributed by atoms with Crippen LogP contribution in [0.2, 0.25) is 0 Å². The largest absolute Gasteiger partial charge is 0.504 e. The van der Waals surface area contributed by atoms with E-state index < -0.39 is 6.04 Å². The second kappa shape index (κ2) is 7.10. The van der Waals surface area contributed by atoms with E-state index in [1.807, 2.05) is 17.5 Å². The van der Waals surface area contributed by atoms with Crippen molar-refractivity contribution < 1.29 is 15.0 Å². The van der Waals surface area contributed by atoms with Gasteiger partial charge in [-0.2, -0.15) is 0 Å². The number of hydrogen-bond acceptors (Lipinski definition) is 5. The maximum absolute atomic E-state index is 11.9. The number of amides is 1. The fraction of sp³-hybridized carbons (Fsp3) is 0.267. The molecule has 0 saturated carbocycles. The number of carbonyl (C=O) groups is 1. The Balaban J connectivity index is 1.80. The van der Waals surface area contributed by atoms with Crippen molar-refractivity contribution in [2.75, 3.05) is 6.54 Å². The Hall–Kier alpha value is -2.05. The summed E-state index contributed by atoms with van der Waals surface area (Å²) in [5, 5.41) is 23.4. The molecule has 2 aromatic rings. The minimum atomic E-state index is -0.683. The molecule has 0 saturated heterocycles. The van der Waals surface area contributed by atoms with E-state index in [4.69, 9.17) is 5.73 Å². The smallest absolute Gasteiger partial charge is 0.237 e. The lowest BCUT2D eigenvalue weighted by Crippen LogP contribution is -2.42. The van der Waals surface area contributed by atoms with E-state index in [-0.39, 0.29) is 17.4 Å². The number of nitrogens with two attached hydrogens (primary N) is 1. The van der Waals surface area contributed by atoms with Gasteiger partial charge < -0.3 is 21.3 Å². The third kappa shape index (κ3) is 4.47. The van der Waals surface area contributed by atoms with Crippen LogP contribution < -0.4 is 11.1 Å². The molecule has 21 heavy (non-hydrogen) atoms. The highest BCUT2D eigenvalue weighted by molar-refractivity contribution is 7.09. The maximum atomic E-state index is 11.9. The lowest BCUT2D eigenvalue weighted by atomic mass is 10.1. The van der Waals surface area contributed by atoms with E-state index in [9.17, 15) is 15.0 Å². The van der Waals surface area contributed by atoms with Crippen LogP contribution in [0.5, 0.6) is 11.5 Å². The van der Waals surface area contributed by atoms with Gasteiger partial charge in [0.2, 0.25) is 5.91 Å². The zero-order chi connectivity index (χ0) is 15.2. The van der Waals surface area contributed by atoms with E-state index in [1.54, 1.807) is 17.4 Å². The van der Waals surface area contributed by atoms with Gasteiger partial charge in [0.15, 0.2) is 11.5 Å². The van der Waals surface area contributed by atoms with Gasteiger partial charge in [-0.3, -0.25) is 4.79 Å². The number of phenolic OH excluding ortho intramolecular Hbond substituents is 2. The Morgan fingerprint density at radius 1 is 1.29 bits per heavy atom. The van der Waals surface area contributed by atoms with Crippen LogP contribution in [0.3, 0.4) is 0 Å². The average molecular weight is 306 g/mol. The lowest BCUT2D eigenvalue weighted by molar-refractivity contribution is -0.122. The molecule has 0 aliphatic carbocycles. The molecule has 0 aliphatic heterocycles. The van der Waals surface area contributed by atoms with Crippen LogP contribution in [0.25, 0.3) is 0 Å². The molecule has 0 fully saturated rings. The summed E-state index contributed by atoms with van der Waals surface area (Å²) in [5.74, 6) is -0.621. The molecule has 1 heterocycles. The fourth-order valence-electron chi connectivity index (χ4n) is 1.94. The average Bonchev–Trinajstić information content (AvgIpc) is 2.96. The number of nitrogens with one attached hydrogen (secondary N) is 1. The first-order chi connectivity index (χ1) is 10.1. The van der Waals surface area contributed by atoms with Crippen LogP contribution in [0.4, 0.5) is 0 Å². The van der Waals surface area contributed by atoms with Crippen molar-refractivity contribution in [3.8, 4) is 11.5 Å². The SMILES string of the molecule is N[C@@H](Cc1ccc(O)c(O)c1)C(=O)NCCc1cccs1. The molecule has 1 aromatic carbocycles. The summed E-state index contributed by atoms with van der Waals surface area (Å²) in [5.41, 5.74) is 6.54. The Bertz CT molecular complexity index is 599. The predicted octanol–water partition coefficient (Wildman–Crippen LogP) is 1.39. The van der Waals surface area contributed by atoms with Gasteiger partial charge in [0.25, 0.3) is 0 Å². The standard InChI is InChI=1S/C15H18N2O3S/c16-12(8-10-3-4-13(18)14(19)9-10)15(20)17-6-5-11-2-1-7-21-11/h1-4,7,9,12,18-19H,5-6,8,16H2,(H,17,20)/t12-/m0/s1. The highest BCUT2D eigenvalue weighted by Crippen LogP contribution is 2.25. The quantitative estimate of drug-likeness (QED) is 0.606. The van der Waals surface area contributed by atoms with Crippen LogP contribution in [0.1, 0.15) is 10.4 Å². The summed E-state index contributed by atoms with van der Waals surface area (Å²) in [6.07, 6.45) is 1.09. The number of aromatic hydroxyl groups is 2. The number of thiophene rings is 1. The van der Waals surface area contributed by atoms with Crippen molar-refractivity contribution in [3.05, 3.63) is 46.2 Å². The summed E-state index contributed by atoms with van der Waals surface area (Å²) in [4.78, 5) is 13.1. The summed E-state index contributed by atoms with van der Waals surface area (Å²) in [6, 6.07) is 7.74. The van der Waals surface area contributed by atoms with E-state index in [0.29, 0.717) is 18.5 Å². The van der Waals surface area contributed by atoms with Crippen molar-refractivity contribution in [1.29, 1.82) is 0 Å². The van der Waals surface area contributed by atoms with Gasteiger partial charge in [0, 0.05) is 11.4 Å². The van der Waals surface area contributed by atoms with E-state index >= 15 is 0 Å². The maximum Gasteiger partial charge on any atom is 0.237 e. The van der Waals surface area contributed by atoms with Gasteiger partial charge in [0.05, 0.1) is 6.04 Å². The van der Waals surface area contributed by atoms with Crippen LogP contribution in [0, 0.1) is 0 Å². The highest BCUT2D eigenvalue weighted by atomic mass is 32.1. The molecule has 0 radical (unpaired) electrons. The van der Waals surface area contributed by atoms with E-state index in [2.05, 4.69) is 5.32 Å². The molecule has 0 bridgehead atoms. The minimum absolute atomic E-state index is 0.187. The van der Waals surface area contributed by atoms with Crippen LogP contribution in [-0.4, -0.2) is 28.7 Å². The van der Waals surface area contributed by atoms with Crippen molar-refractivity contribution in [2.45, 2.75) is 18.9 Å². The lowest BCUT2D eigenvalue weighted by Gasteiger charge is -2.12. The van der Waals surface area contributed by atoms with Gasteiger partial charge in [-0.1, -0.05) is 12.1 Å². The molecule has 5 nitrogen and oxygen atoms in total. The van der Waals surface area contributed by atoms with Gasteiger partial charge in [0.1, 0.15) is 0 Å². The number of phenols is 2. The fourth-order valence-corrected chi connectivity index (χ4v) is 2.65. The van der Waals surface area contributed by atoms with Crippen molar-refractivity contribution >= 4 is 17.2 Å². The molecule has 2 rings (SSSR count). The molecular formula is C15H18N2O3S. The van der Waals surface area contributed by atoms with Crippen molar-refractivity contribution in [2.24, 2.45) is 5.73 Å². The molecule has 1 aromatic heterocycles. The molecule has 1 atom stereocenters. The van der Waals surface area contributed by atoms with Gasteiger partial charge in [-0.25, -0.2) is 0 Å². The monoisotopic (exact) mass is 306 g/mol. The van der Waals surface area contributed by atoms with E-state index in [1.165, 1.54) is 17.0 Å². The molecule has 112 valence electrons.